The summed E-state index contributed by atoms with van der Waals surface area (Å²) in [7, 11) is 0. The van der Waals surface area contributed by atoms with E-state index in [-0.39, 0.29) is 0 Å². The van der Waals surface area contributed by atoms with Gasteiger partial charge in [0.05, 0.1) is 0 Å². The molecule has 0 aliphatic carbocycles. The Bertz CT molecular complexity index is 520. The Morgan fingerprint density at radius 2 is 2.06 bits per heavy atom. The second-order valence-electron chi connectivity index (χ2n) is 3.51. The average Bonchev–Trinajstić information content (AvgIpc) is 2.20. The summed E-state index contributed by atoms with van der Waals surface area (Å²) in [6, 6.07) is 6.30. The van der Waals surface area contributed by atoms with Crippen LogP contribution in [0.3, 0.4) is 0 Å². The third kappa shape index (κ3) is 1.86. The highest BCUT2D eigenvalue weighted by molar-refractivity contribution is 6.30. The number of anilines is 1. The molecule has 1 heterocycles. The Labute approximate surface area is 97.9 Å². The third-order valence-corrected chi connectivity index (χ3v) is 2.62. The number of benzene rings is 1. The number of halogens is 2. The molecular formula is C12H10ClFN2. The maximum absolute atomic E-state index is 13.7. The van der Waals surface area contributed by atoms with Crippen LogP contribution in [0.15, 0.2) is 30.5 Å². The van der Waals surface area contributed by atoms with Gasteiger partial charge in [0.15, 0.2) is 0 Å². The van der Waals surface area contributed by atoms with Crippen molar-refractivity contribution < 1.29 is 4.39 Å². The maximum atomic E-state index is 13.7. The highest BCUT2D eigenvalue weighted by Crippen LogP contribution is 2.31. The van der Waals surface area contributed by atoms with Crippen molar-refractivity contribution in [3.8, 4) is 11.1 Å². The van der Waals surface area contributed by atoms with Crippen LogP contribution in [0.2, 0.25) is 5.02 Å². The summed E-state index contributed by atoms with van der Waals surface area (Å²) in [5, 5.41) is 0.362. The molecule has 0 radical (unpaired) electrons. The molecule has 0 atom stereocenters. The van der Waals surface area contributed by atoms with E-state index in [2.05, 4.69) is 4.98 Å². The normalized spacial score (nSPS) is 10.4. The highest BCUT2D eigenvalue weighted by atomic mass is 35.5. The molecule has 2 nitrogen and oxygen atoms in total. The number of aromatic nitrogens is 1. The summed E-state index contributed by atoms with van der Waals surface area (Å²) in [5.41, 5.74) is 7.68. The topological polar surface area (TPSA) is 38.9 Å². The van der Waals surface area contributed by atoms with Gasteiger partial charge in [0, 0.05) is 22.3 Å². The van der Waals surface area contributed by atoms with Gasteiger partial charge >= 0.3 is 0 Å². The number of aryl methyl sites for hydroxylation is 1. The number of rotatable bonds is 1. The molecule has 2 rings (SSSR count). The quantitative estimate of drug-likeness (QED) is 0.824. The van der Waals surface area contributed by atoms with Crippen LogP contribution in [0.5, 0.6) is 0 Å². The lowest BCUT2D eigenvalue weighted by Crippen LogP contribution is -1.97. The summed E-state index contributed by atoms with van der Waals surface area (Å²) in [6.07, 6.45) is 1.60. The molecule has 2 N–H and O–H groups in total. The fraction of sp³-hybridized carbons (Fsp3) is 0.0833. The van der Waals surface area contributed by atoms with Crippen LogP contribution < -0.4 is 5.73 Å². The Hall–Kier alpha value is -1.61. The van der Waals surface area contributed by atoms with Gasteiger partial charge in [-0.2, -0.15) is 0 Å². The summed E-state index contributed by atoms with van der Waals surface area (Å²) in [4.78, 5) is 3.96. The number of nitrogen functional groups attached to an aromatic ring is 1. The largest absolute Gasteiger partial charge is 0.383 e. The van der Waals surface area contributed by atoms with Crippen molar-refractivity contribution in [2.45, 2.75) is 6.92 Å². The van der Waals surface area contributed by atoms with Crippen molar-refractivity contribution in [2.24, 2.45) is 0 Å². The van der Waals surface area contributed by atoms with Gasteiger partial charge in [0.25, 0.3) is 0 Å². The summed E-state index contributed by atoms with van der Waals surface area (Å²) >= 11 is 5.70. The summed E-state index contributed by atoms with van der Waals surface area (Å²) in [5.74, 6) is -0.0727. The number of nitrogens with two attached hydrogens (primary N) is 1. The van der Waals surface area contributed by atoms with Crippen molar-refractivity contribution in [2.75, 3.05) is 5.73 Å². The first-order valence-corrected chi connectivity index (χ1v) is 5.14. The van der Waals surface area contributed by atoms with E-state index in [1.54, 1.807) is 24.4 Å². The van der Waals surface area contributed by atoms with Gasteiger partial charge in [-0.3, -0.25) is 0 Å². The van der Waals surface area contributed by atoms with E-state index in [9.17, 15) is 4.39 Å². The van der Waals surface area contributed by atoms with E-state index in [1.807, 2.05) is 6.92 Å². The van der Waals surface area contributed by atoms with E-state index < -0.39 is 5.82 Å². The molecule has 4 heteroatoms. The standard InChI is InChI=1S/C12H10ClFN2/c1-7-4-5-16-12(15)11(7)9-3-2-8(13)6-10(9)14/h2-6H,1H3,(H2,15,16). The summed E-state index contributed by atoms with van der Waals surface area (Å²) < 4.78 is 13.7. The minimum absolute atomic E-state index is 0.321. The Kier molecular flexibility index (Phi) is 2.79. The lowest BCUT2D eigenvalue weighted by molar-refractivity contribution is 0.631. The lowest BCUT2D eigenvalue weighted by atomic mass is 10.0. The fourth-order valence-corrected chi connectivity index (χ4v) is 1.78. The molecule has 0 aliphatic rings. The first-order valence-electron chi connectivity index (χ1n) is 4.76. The van der Waals surface area contributed by atoms with Crippen LogP contribution in [0.25, 0.3) is 11.1 Å². The maximum Gasteiger partial charge on any atom is 0.132 e. The zero-order valence-electron chi connectivity index (χ0n) is 8.67. The van der Waals surface area contributed by atoms with Gasteiger partial charge in [-0.05, 0) is 36.8 Å². The summed E-state index contributed by atoms with van der Waals surface area (Å²) in [6.45, 7) is 1.86. The van der Waals surface area contributed by atoms with Gasteiger partial charge < -0.3 is 5.73 Å². The van der Waals surface area contributed by atoms with E-state index in [4.69, 9.17) is 17.3 Å². The molecule has 0 unspecified atom stereocenters. The van der Waals surface area contributed by atoms with Gasteiger partial charge in [0.1, 0.15) is 11.6 Å². The van der Waals surface area contributed by atoms with Gasteiger partial charge in [0.2, 0.25) is 0 Å². The van der Waals surface area contributed by atoms with Crippen molar-refractivity contribution in [3.63, 3.8) is 0 Å². The molecule has 0 spiro atoms. The Balaban J connectivity index is 2.68. The number of hydrogen-bond donors (Lipinski definition) is 1. The predicted molar refractivity (Wildman–Crippen MR) is 63.8 cm³/mol. The second kappa shape index (κ2) is 4.10. The molecule has 0 bridgehead atoms. The zero-order valence-corrected chi connectivity index (χ0v) is 9.42. The van der Waals surface area contributed by atoms with Crippen LogP contribution in [0.4, 0.5) is 10.2 Å². The average molecular weight is 237 g/mol. The predicted octanol–water partition coefficient (Wildman–Crippen LogP) is 3.43. The van der Waals surface area contributed by atoms with Crippen molar-refractivity contribution in [1.82, 2.24) is 4.98 Å². The van der Waals surface area contributed by atoms with Crippen molar-refractivity contribution in [1.29, 1.82) is 0 Å². The third-order valence-electron chi connectivity index (χ3n) is 2.39. The molecule has 0 saturated carbocycles. The van der Waals surface area contributed by atoms with Crippen LogP contribution >= 0.6 is 11.6 Å². The van der Waals surface area contributed by atoms with E-state index in [0.29, 0.717) is 22.0 Å². The van der Waals surface area contributed by atoms with Gasteiger partial charge in [-0.15, -0.1) is 0 Å². The highest BCUT2D eigenvalue weighted by Gasteiger charge is 2.11. The lowest BCUT2D eigenvalue weighted by Gasteiger charge is -2.09. The smallest absolute Gasteiger partial charge is 0.132 e. The van der Waals surface area contributed by atoms with E-state index >= 15 is 0 Å². The molecule has 2 aromatic rings. The number of hydrogen-bond acceptors (Lipinski definition) is 2. The minimum atomic E-state index is -0.393. The Morgan fingerprint density at radius 1 is 1.31 bits per heavy atom. The van der Waals surface area contributed by atoms with Crippen LogP contribution in [-0.4, -0.2) is 4.98 Å². The fourth-order valence-electron chi connectivity index (χ4n) is 1.62. The molecule has 0 saturated heterocycles. The first kappa shape index (κ1) is 10.9. The zero-order chi connectivity index (χ0) is 11.7. The molecular weight excluding hydrogens is 227 g/mol. The van der Waals surface area contributed by atoms with Crippen molar-refractivity contribution in [3.05, 3.63) is 46.9 Å². The SMILES string of the molecule is Cc1ccnc(N)c1-c1ccc(Cl)cc1F. The van der Waals surface area contributed by atoms with E-state index in [1.165, 1.54) is 6.07 Å². The van der Waals surface area contributed by atoms with Crippen molar-refractivity contribution >= 4 is 17.4 Å². The molecule has 1 aromatic heterocycles. The molecule has 16 heavy (non-hydrogen) atoms. The van der Waals surface area contributed by atoms with Crippen LogP contribution in [0.1, 0.15) is 5.56 Å². The molecule has 82 valence electrons. The van der Waals surface area contributed by atoms with Gasteiger partial charge in [-0.1, -0.05) is 11.6 Å². The molecule has 1 aromatic carbocycles. The minimum Gasteiger partial charge on any atom is -0.383 e. The second-order valence-corrected chi connectivity index (χ2v) is 3.95. The number of nitrogens with zero attached hydrogens (tertiary/aromatic N) is 1. The molecule has 0 aliphatic heterocycles. The molecule has 0 fully saturated rings. The van der Waals surface area contributed by atoms with E-state index in [0.717, 1.165) is 5.56 Å². The first-order chi connectivity index (χ1) is 7.59. The molecule has 0 amide bonds. The van der Waals surface area contributed by atoms with Crippen LogP contribution in [-0.2, 0) is 0 Å². The number of pyridine rings is 1. The van der Waals surface area contributed by atoms with Crippen LogP contribution in [0, 0.1) is 12.7 Å². The Morgan fingerprint density at radius 3 is 2.69 bits per heavy atom. The monoisotopic (exact) mass is 236 g/mol. The van der Waals surface area contributed by atoms with Gasteiger partial charge in [-0.25, -0.2) is 9.37 Å².